The molecule has 0 aliphatic rings. The van der Waals surface area contributed by atoms with E-state index in [0.29, 0.717) is 0 Å². The third-order valence-electron chi connectivity index (χ3n) is 2.51. The van der Waals surface area contributed by atoms with E-state index in [1.165, 1.54) is 13.2 Å². The van der Waals surface area contributed by atoms with Crippen LogP contribution in [0.3, 0.4) is 0 Å². The molecule has 0 bridgehead atoms. The van der Waals surface area contributed by atoms with Crippen LogP contribution in [0.5, 0.6) is 5.75 Å². The van der Waals surface area contributed by atoms with Crippen molar-refractivity contribution < 1.29 is 24.4 Å². The molecule has 0 aliphatic carbocycles. The first kappa shape index (κ1) is 17.4. The van der Waals surface area contributed by atoms with Gasteiger partial charge in [-0.1, -0.05) is 0 Å². The number of benzene rings is 1. The predicted molar refractivity (Wildman–Crippen MR) is 77.6 cm³/mol. The molecule has 0 saturated heterocycles. The number of hydrogen-bond acceptors (Lipinski definition) is 7. The number of non-ortho nitro benzene ring substituents is 1. The molecule has 0 radical (unpaired) electrons. The number of anilines is 1. The second kappa shape index (κ2) is 7.99. The molecule has 23 heavy (non-hydrogen) atoms. The van der Waals surface area contributed by atoms with Crippen LogP contribution in [0.15, 0.2) is 30.0 Å². The maximum absolute atomic E-state index is 11.9. The summed E-state index contributed by atoms with van der Waals surface area (Å²) in [5, 5.41) is 32.7. The first-order valence-electron chi connectivity index (χ1n) is 6.08. The van der Waals surface area contributed by atoms with Crippen LogP contribution >= 0.6 is 0 Å². The van der Waals surface area contributed by atoms with Gasteiger partial charge in [0.2, 0.25) is 0 Å². The minimum atomic E-state index is -1.16. The molecule has 0 aliphatic heterocycles. The molecule has 10 nitrogen and oxygen atoms in total. The zero-order valence-electron chi connectivity index (χ0n) is 11.9. The Balaban J connectivity index is 2.93. The Morgan fingerprint density at radius 2 is 2.22 bits per heavy atom. The van der Waals surface area contributed by atoms with Gasteiger partial charge in [0.15, 0.2) is 0 Å². The average Bonchev–Trinajstić information content (AvgIpc) is 2.51. The van der Waals surface area contributed by atoms with Crippen LogP contribution in [-0.2, 0) is 9.59 Å². The Labute approximate surface area is 130 Å². The van der Waals surface area contributed by atoms with Gasteiger partial charge in [0.05, 0.1) is 23.8 Å². The van der Waals surface area contributed by atoms with E-state index in [4.69, 9.17) is 15.1 Å². The SMILES string of the molecule is COc1cc([N+](=O)[O-])ccc1NC(=O)/C(C#N)=C\NCC(=O)O. The molecular weight excluding hydrogens is 308 g/mol. The van der Waals surface area contributed by atoms with E-state index < -0.39 is 23.3 Å². The van der Waals surface area contributed by atoms with Crippen LogP contribution in [0.4, 0.5) is 11.4 Å². The molecule has 0 fully saturated rings. The van der Waals surface area contributed by atoms with Gasteiger partial charge in [-0.3, -0.25) is 19.7 Å². The maximum atomic E-state index is 11.9. The van der Waals surface area contributed by atoms with Gasteiger partial charge in [0, 0.05) is 12.3 Å². The van der Waals surface area contributed by atoms with E-state index in [0.717, 1.165) is 18.3 Å². The molecule has 1 aromatic carbocycles. The number of methoxy groups -OCH3 is 1. The van der Waals surface area contributed by atoms with Crippen LogP contribution < -0.4 is 15.4 Å². The highest BCUT2D eigenvalue weighted by Gasteiger charge is 2.15. The molecule has 1 rings (SSSR count). The van der Waals surface area contributed by atoms with Gasteiger partial charge in [-0.25, -0.2) is 0 Å². The molecule has 0 unspecified atom stereocenters. The van der Waals surface area contributed by atoms with Gasteiger partial charge < -0.3 is 20.5 Å². The summed E-state index contributed by atoms with van der Waals surface area (Å²) in [5.74, 6) is -1.93. The first-order chi connectivity index (χ1) is 10.9. The Kier molecular flexibility index (Phi) is 6.06. The van der Waals surface area contributed by atoms with Crippen molar-refractivity contribution in [3.05, 3.63) is 40.1 Å². The van der Waals surface area contributed by atoms with Crippen molar-refractivity contribution in [3.8, 4) is 11.8 Å². The number of amides is 1. The maximum Gasteiger partial charge on any atom is 0.322 e. The number of carboxylic acids is 1. The summed E-state index contributed by atoms with van der Waals surface area (Å²) in [6.45, 7) is -0.459. The van der Waals surface area contributed by atoms with E-state index >= 15 is 0 Å². The number of ether oxygens (including phenoxy) is 1. The Morgan fingerprint density at radius 1 is 1.52 bits per heavy atom. The largest absolute Gasteiger partial charge is 0.494 e. The number of carbonyl (C=O) groups excluding carboxylic acids is 1. The summed E-state index contributed by atoms with van der Waals surface area (Å²) in [4.78, 5) is 32.3. The van der Waals surface area contributed by atoms with Gasteiger partial charge in [-0.2, -0.15) is 5.26 Å². The van der Waals surface area contributed by atoms with Crippen LogP contribution in [0.25, 0.3) is 0 Å². The lowest BCUT2D eigenvalue weighted by molar-refractivity contribution is -0.384. The van der Waals surface area contributed by atoms with E-state index in [9.17, 15) is 19.7 Å². The zero-order valence-corrected chi connectivity index (χ0v) is 11.9. The molecule has 1 aromatic rings. The second-order valence-corrected chi connectivity index (χ2v) is 4.04. The molecule has 120 valence electrons. The normalized spacial score (nSPS) is 10.3. The number of nitro groups is 1. The van der Waals surface area contributed by atoms with Gasteiger partial charge in [-0.05, 0) is 6.07 Å². The lowest BCUT2D eigenvalue weighted by atomic mass is 10.2. The molecular formula is C13H12N4O6. The van der Waals surface area contributed by atoms with Crippen molar-refractivity contribution in [2.45, 2.75) is 0 Å². The molecule has 10 heteroatoms. The van der Waals surface area contributed by atoms with Crippen molar-refractivity contribution in [3.63, 3.8) is 0 Å². The minimum absolute atomic E-state index is 0.0448. The Hall–Kier alpha value is -3.61. The fourth-order valence-electron chi connectivity index (χ4n) is 1.48. The fraction of sp³-hybridized carbons (Fsp3) is 0.154. The first-order valence-corrected chi connectivity index (χ1v) is 6.08. The summed E-state index contributed by atoms with van der Waals surface area (Å²) in [5.41, 5.74) is -0.465. The van der Waals surface area contributed by atoms with E-state index in [2.05, 4.69) is 10.6 Å². The number of aliphatic carboxylic acids is 1. The quantitative estimate of drug-likeness (QED) is 0.286. The number of carboxylic acid groups (broad SMARTS) is 1. The number of carbonyl (C=O) groups is 2. The van der Waals surface area contributed by atoms with Gasteiger partial charge >= 0.3 is 5.97 Å². The third-order valence-corrected chi connectivity index (χ3v) is 2.51. The highest BCUT2D eigenvalue weighted by molar-refractivity contribution is 6.07. The lowest BCUT2D eigenvalue weighted by Crippen LogP contribution is -2.21. The lowest BCUT2D eigenvalue weighted by Gasteiger charge is -2.09. The monoisotopic (exact) mass is 320 g/mol. The summed E-state index contributed by atoms with van der Waals surface area (Å²) < 4.78 is 4.95. The molecule has 0 heterocycles. The van der Waals surface area contributed by atoms with Crippen molar-refractivity contribution in [1.29, 1.82) is 5.26 Å². The highest BCUT2D eigenvalue weighted by atomic mass is 16.6. The highest BCUT2D eigenvalue weighted by Crippen LogP contribution is 2.29. The molecule has 3 N–H and O–H groups in total. The molecule has 1 amide bonds. The summed E-state index contributed by atoms with van der Waals surface area (Å²) >= 11 is 0. The average molecular weight is 320 g/mol. The smallest absolute Gasteiger partial charge is 0.322 e. The van der Waals surface area contributed by atoms with Crippen molar-refractivity contribution in [2.75, 3.05) is 19.0 Å². The summed E-state index contributed by atoms with van der Waals surface area (Å²) in [7, 11) is 1.27. The number of hydrogen-bond donors (Lipinski definition) is 3. The van der Waals surface area contributed by atoms with E-state index in [1.807, 2.05) is 0 Å². The summed E-state index contributed by atoms with van der Waals surface area (Å²) in [6.07, 6.45) is 0.960. The minimum Gasteiger partial charge on any atom is -0.494 e. The number of rotatable bonds is 7. The third kappa shape index (κ3) is 5.01. The van der Waals surface area contributed by atoms with Gasteiger partial charge in [0.1, 0.15) is 23.9 Å². The molecule has 0 saturated carbocycles. The topological polar surface area (TPSA) is 155 Å². The number of nitriles is 1. The predicted octanol–water partition coefficient (Wildman–Crippen LogP) is 0.624. The number of nitro benzene ring substituents is 1. The number of nitrogens with one attached hydrogen (secondary N) is 2. The van der Waals surface area contributed by atoms with Crippen LogP contribution in [0, 0.1) is 21.4 Å². The van der Waals surface area contributed by atoms with Crippen molar-refractivity contribution in [2.24, 2.45) is 0 Å². The molecule has 0 spiro atoms. The van der Waals surface area contributed by atoms with Gasteiger partial charge in [-0.15, -0.1) is 0 Å². The standard InChI is InChI=1S/C13H12N4O6/c1-23-11-4-9(17(21)22)2-3-10(11)16-13(20)8(5-14)6-15-7-12(18)19/h2-4,6,15H,7H2,1H3,(H,16,20)(H,18,19)/b8-6-. The van der Waals surface area contributed by atoms with Crippen LogP contribution in [0.2, 0.25) is 0 Å². The second-order valence-electron chi connectivity index (χ2n) is 4.04. The van der Waals surface area contributed by atoms with E-state index in [1.54, 1.807) is 6.07 Å². The number of nitrogens with zero attached hydrogens (tertiary/aromatic N) is 2. The zero-order chi connectivity index (χ0) is 17.4. The molecule has 0 atom stereocenters. The van der Waals surface area contributed by atoms with Crippen molar-refractivity contribution >= 4 is 23.3 Å². The van der Waals surface area contributed by atoms with Crippen LogP contribution in [-0.4, -0.2) is 35.6 Å². The summed E-state index contributed by atoms with van der Waals surface area (Å²) in [6, 6.07) is 5.15. The Bertz CT molecular complexity index is 707. The fourth-order valence-corrected chi connectivity index (χ4v) is 1.48. The Morgan fingerprint density at radius 3 is 2.74 bits per heavy atom. The van der Waals surface area contributed by atoms with E-state index in [-0.39, 0.29) is 22.7 Å². The van der Waals surface area contributed by atoms with Crippen LogP contribution in [0.1, 0.15) is 0 Å². The van der Waals surface area contributed by atoms with Gasteiger partial charge in [0.25, 0.3) is 11.6 Å². The van der Waals surface area contributed by atoms with Crippen molar-refractivity contribution in [1.82, 2.24) is 5.32 Å². The molecule has 0 aromatic heterocycles.